The van der Waals surface area contributed by atoms with E-state index in [1.807, 2.05) is 43.3 Å². The molecule has 0 bridgehead atoms. The molecule has 1 N–H and O–H groups in total. The van der Waals surface area contributed by atoms with Crippen molar-refractivity contribution in [2.24, 2.45) is 0 Å². The van der Waals surface area contributed by atoms with Crippen LogP contribution in [0.25, 0.3) is 0 Å². The van der Waals surface area contributed by atoms with Crippen LogP contribution in [-0.4, -0.2) is 61.9 Å². The summed E-state index contributed by atoms with van der Waals surface area (Å²) in [5, 5.41) is 2.86. The highest BCUT2D eigenvalue weighted by atomic mass is 79.9. The fourth-order valence-corrected chi connectivity index (χ4v) is 2.19. The highest BCUT2D eigenvalue weighted by Gasteiger charge is 2.09. The Morgan fingerprint density at radius 2 is 1.73 bits per heavy atom. The fourth-order valence-electron chi connectivity index (χ4n) is 1.93. The Bertz CT molecular complexity index is 489. The molecule has 1 aromatic rings. The van der Waals surface area contributed by atoms with E-state index >= 15 is 0 Å². The summed E-state index contributed by atoms with van der Waals surface area (Å²) >= 11 is 3.37. The van der Waals surface area contributed by atoms with Crippen LogP contribution in [0, 0.1) is 0 Å². The van der Waals surface area contributed by atoms with Crippen molar-refractivity contribution in [1.82, 2.24) is 15.1 Å². The van der Waals surface area contributed by atoms with E-state index in [9.17, 15) is 9.59 Å². The lowest BCUT2D eigenvalue weighted by molar-refractivity contribution is -0.129. The van der Waals surface area contributed by atoms with E-state index in [-0.39, 0.29) is 11.8 Å². The summed E-state index contributed by atoms with van der Waals surface area (Å²) in [4.78, 5) is 27.2. The lowest BCUT2D eigenvalue weighted by atomic mass is 10.1. The third kappa shape index (κ3) is 7.56. The summed E-state index contributed by atoms with van der Waals surface area (Å²) in [7, 11) is 3.94. The van der Waals surface area contributed by atoms with E-state index in [1.165, 1.54) is 0 Å². The first-order valence-corrected chi connectivity index (χ1v) is 8.09. The molecule has 2 amide bonds. The number of hydrogen-bond acceptors (Lipinski definition) is 3. The number of rotatable bonds is 8. The Morgan fingerprint density at radius 1 is 1.09 bits per heavy atom. The molecule has 5 nitrogen and oxygen atoms in total. The van der Waals surface area contributed by atoms with E-state index in [4.69, 9.17) is 0 Å². The molecule has 6 heteroatoms. The van der Waals surface area contributed by atoms with Gasteiger partial charge in [-0.2, -0.15) is 0 Å². The largest absolute Gasteiger partial charge is 0.354 e. The third-order valence-electron chi connectivity index (χ3n) is 3.24. The molecule has 0 saturated carbocycles. The molecule has 122 valence electrons. The maximum absolute atomic E-state index is 11.9. The standard InChI is InChI=1S/C16H24BrN3O2/c1-13(21)20(11-10-19(2)3)9-8-18-16(22)12-14-4-6-15(17)7-5-14/h4-7H,8-12H2,1-3H3,(H,18,22). The van der Waals surface area contributed by atoms with Gasteiger partial charge in [0.1, 0.15) is 0 Å². The van der Waals surface area contributed by atoms with Gasteiger partial charge in [-0.15, -0.1) is 0 Å². The third-order valence-corrected chi connectivity index (χ3v) is 3.77. The summed E-state index contributed by atoms with van der Waals surface area (Å²) in [6, 6.07) is 7.67. The molecule has 0 fully saturated rings. The Kier molecular flexibility index (Phi) is 8.12. The van der Waals surface area contributed by atoms with Gasteiger partial charge in [-0.3, -0.25) is 9.59 Å². The summed E-state index contributed by atoms with van der Waals surface area (Å²) in [6.07, 6.45) is 0.352. The normalized spacial score (nSPS) is 10.6. The second-order valence-electron chi connectivity index (χ2n) is 5.46. The van der Waals surface area contributed by atoms with Crippen LogP contribution < -0.4 is 5.32 Å². The maximum atomic E-state index is 11.9. The van der Waals surface area contributed by atoms with Gasteiger partial charge in [0, 0.05) is 37.6 Å². The number of likely N-dealkylation sites (N-methyl/N-ethyl adjacent to an activating group) is 1. The molecule has 0 aromatic heterocycles. The van der Waals surface area contributed by atoms with Crippen molar-refractivity contribution in [3.05, 3.63) is 34.3 Å². The summed E-state index contributed by atoms with van der Waals surface area (Å²) in [6.45, 7) is 4.05. The monoisotopic (exact) mass is 369 g/mol. The second-order valence-corrected chi connectivity index (χ2v) is 6.38. The molecule has 0 aliphatic heterocycles. The van der Waals surface area contributed by atoms with Gasteiger partial charge in [0.2, 0.25) is 11.8 Å². The quantitative estimate of drug-likeness (QED) is 0.755. The highest BCUT2D eigenvalue weighted by molar-refractivity contribution is 9.10. The maximum Gasteiger partial charge on any atom is 0.224 e. The zero-order chi connectivity index (χ0) is 16.5. The molecule has 0 aliphatic rings. The van der Waals surface area contributed by atoms with E-state index in [0.717, 1.165) is 16.6 Å². The van der Waals surface area contributed by atoms with Crippen molar-refractivity contribution < 1.29 is 9.59 Å². The highest BCUT2D eigenvalue weighted by Crippen LogP contribution is 2.10. The Morgan fingerprint density at radius 3 is 2.27 bits per heavy atom. The van der Waals surface area contributed by atoms with Crippen LogP contribution in [0.2, 0.25) is 0 Å². The zero-order valence-electron chi connectivity index (χ0n) is 13.4. The zero-order valence-corrected chi connectivity index (χ0v) is 15.0. The lowest BCUT2D eigenvalue weighted by Crippen LogP contribution is -2.41. The number of hydrogen-bond donors (Lipinski definition) is 1. The van der Waals surface area contributed by atoms with Crippen molar-refractivity contribution in [3.63, 3.8) is 0 Å². The van der Waals surface area contributed by atoms with Gasteiger partial charge < -0.3 is 15.1 Å². The summed E-state index contributed by atoms with van der Waals surface area (Å²) < 4.78 is 0.995. The Hall–Kier alpha value is -1.40. The van der Waals surface area contributed by atoms with Crippen LogP contribution in [0.3, 0.4) is 0 Å². The molecule has 0 unspecified atom stereocenters. The second kappa shape index (κ2) is 9.58. The number of carbonyl (C=O) groups excluding carboxylic acids is 2. The lowest BCUT2D eigenvalue weighted by Gasteiger charge is -2.23. The van der Waals surface area contributed by atoms with Crippen molar-refractivity contribution in [2.45, 2.75) is 13.3 Å². The number of halogens is 1. The first-order chi connectivity index (χ1) is 10.4. The average Bonchev–Trinajstić information content (AvgIpc) is 2.44. The van der Waals surface area contributed by atoms with Crippen LogP contribution in [-0.2, 0) is 16.0 Å². The molecule has 0 radical (unpaired) electrons. The van der Waals surface area contributed by atoms with Crippen LogP contribution in [0.1, 0.15) is 12.5 Å². The van der Waals surface area contributed by atoms with Crippen molar-refractivity contribution in [3.8, 4) is 0 Å². The predicted octanol–water partition coefficient (Wildman–Crippen LogP) is 1.52. The van der Waals surface area contributed by atoms with Gasteiger partial charge in [-0.05, 0) is 31.8 Å². The van der Waals surface area contributed by atoms with E-state index in [2.05, 4.69) is 21.2 Å². The fraction of sp³-hybridized carbons (Fsp3) is 0.500. The van der Waals surface area contributed by atoms with Gasteiger partial charge in [0.15, 0.2) is 0 Å². The number of amides is 2. The van der Waals surface area contributed by atoms with Crippen molar-refractivity contribution in [1.29, 1.82) is 0 Å². The average molecular weight is 370 g/mol. The minimum atomic E-state index is -0.0292. The van der Waals surface area contributed by atoms with E-state index in [1.54, 1.807) is 11.8 Å². The molecular weight excluding hydrogens is 346 g/mol. The van der Waals surface area contributed by atoms with Gasteiger partial charge in [0.05, 0.1) is 6.42 Å². The Balaban J connectivity index is 2.33. The van der Waals surface area contributed by atoms with Crippen molar-refractivity contribution in [2.75, 3.05) is 40.3 Å². The smallest absolute Gasteiger partial charge is 0.224 e. The SMILES string of the molecule is CC(=O)N(CCNC(=O)Cc1ccc(Br)cc1)CCN(C)C. The summed E-state index contributed by atoms with van der Waals surface area (Å²) in [5.74, 6) is 0.00226. The van der Waals surface area contributed by atoms with Gasteiger partial charge in [-0.25, -0.2) is 0 Å². The summed E-state index contributed by atoms with van der Waals surface area (Å²) in [5.41, 5.74) is 0.969. The van der Waals surface area contributed by atoms with Gasteiger partial charge in [0.25, 0.3) is 0 Å². The number of benzene rings is 1. The number of nitrogens with one attached hydrogen (secondary N) is 1. The van der Waals surface area contributed by atoms with Crippen LogP contribution in [0.4, 0.5) is 0 Å². The molecule has 0 spiro atoms. The van der Waals surface area contributed by atoms with Crippen LogP contribution in [0.5, 0.6) is 0 Å². The molecule has 1 aromatic carbocycles. The van der Waals surface area contributed by atoms with Crippen LogP contribution >= 0.6 is 15.9 Å². The minimum absolute atomic E-state index is 0.0292. The molecule has 1 rings (SSSR count). The molecule has 0 heterocycles. The first kappa shape index (κ1) is 18.6. The predicted molar refractivity (Wildman–Crippen MR) is 91.7 cm³/mol. The van der Waals surface area contributed by atoms with Crippen molar-refractivity contribution >= 4 is 27.7 Å². The van der Waals surface area contributed by atoms with Gasteiger partial charge in [-0.1, -0.05) is 28.1 Å². The first-order valence-electron chi connectivity index (χ1n) is 7.30. The van der Waals surface area contributed by atoms with E-state index in [0.29, 0.717) is 26.1 Å². The molecular formula is C16H24BrN3O2. The molecule has 0 aliphatic carbocycles. The molecule has 22 heavy (non-hydrogen) atoms. The molecule has 0 atom stereocenters. The minimum Gasteiger partial charge on any atom is -0.354 e. The Labute approximate surface area is 140 Å². The topological polar surface area (TPSA) is 52.7 Å². The van der Waals surface area contributed by atoms with Crippen LogP contribution in [0.15, 0.2) is 28.7 Å². The number of carbonyl (C=O) groups is 2. The molecule has 0 saturated heterocycles. The van der Waals surface area contributed by atoms with E-state index < -0.39 is 0 Å². The van der Waals surface area contributed by atoms with Gasteiger partial charge >= 0.3 is 0 Å². The number of nitrogens with zero attached hydrogens (tertiary/aromatic N) is 2.